The summed E-state index contributed by atoms with van der Waals surface area (Å²) in [6, 6.07) is 47.7. The monoisotopic (exact) mass is 670 g/mol. The highest BCUT2D eigenvalue weighted by Gasteiger charge is 2.35. The van der Waals surface area contributed by atoms with Crippen molar-refractivity contribution >= 4 is 65.5 Å². The van der Waals surface area contributed by atoms with Crippen molar-refractivity contribution in [3.63, 3.8) is 0 Å². The number of para-hydroxylation sites is 2. The molecule has 1 aromatic heterocycles. The maximum atomic E-state index is 11.4. The van der Waals surface area contributed by atoms with Crippen molar-refractivity contribution in [2.24, 2.45) is 0 Å². The lowest BCUT2D eigenvalue weighted by atomic mass is 9.82. The summed E-state index contributed by atoms with van der Waals surface area (Å²) < 4.78 is 2.22. The van der Waals surface area contributed by atoms with Crippen LogP contribution < -0.4 is 15.8 Å². The molecule has 1 aliphatic rings. The van der Waals surface area contributed by atoms with E-state index in [1.165, 1.54) is 22.3 Å². The van der Waals surface area contributed by atoms with Crippen LogP contribution in [0.15, 0.2) is 140 Å². The molecule has 0 saturated heterocycles. The molecule has 0 spiro atoms. The van der Waals surface area contributed by atoms with Gasteiger partial charge in [-0.1, -0.05) is 98.8 Å². The number of rotatable bonds is 5. The summed E-state index contributed by atoms with van der Waals surface area (Å²) in [6.45, 7) is 4.54. The molecule has 0 unspecified atom stereocenters. The zero-order chi connectivity index (χ0) is 35.9. The second kappa shape index (κ2) is 11.6. The van der Waals surface area contributed by atoms with Crippen LogP contribution in [0, 0.1) is 0 Å². The molecule has 0 bridgehead atoms. The van der Waals surface area contributed by atoms with Crippen molar-refractivity contribution in [1.29, 1.82) is 0 Å². The minimum Gasteiger partial charge on any atom is -0.506 e. The van der Waals surface area contributed by atoms with Crippen LogP contribution in [0.5, 0.6) is 17.2 Å². The fourth-order valence-corrected chi connectivity index (χ4v) is 8.03. The molecule has 7 aromatic carbocycles. The number of fused-ring (bicyclic) bond motifs is 6. The molecule has 1 heterocycles. The Morgan fingerprint density at radius 1 is 0.519 bits per heavy atom. The number of nitrogens with zero attached hydrogens (tertiary/aromatic N) is 2. The van der Waals surface area contributed by atoms with Crippen LogP contribution >= 0.6 is 0 Å². The second-order valence-electron chi connectivity index (χ2n) is 13.9. The molecule has 8 aromatic rings. The maximum absolute atomic E-state index is 11.4. The van der Waals surface area contributed by atoms with E-state index in [2.05, 4.69) is 85.1 Å². The molecular formula is C45H32B2N2O3. The van der Waals surface area contributed by atoms with Gasteiger partial charge in [0.1, 0.15) is 21.4 Å². The van der Waals surface area contributed by atoms with Gasteiger partial charge < -0.3 is 24.8 Å². The molecule has 246 valence electrons. The number of hydrogen-bond acceptors (Lipinski definition) is 4. The van der Waals surface area contributed by atoms with Gasteiger partial charge in [0.15, 0.2) is 11.5 Å². The van der Waals surface area contributed by atoms with Gasteiger partial charge in [-0.05, 0) is 98.9 Å². The third-order valence-electron chi connectivity index (χ3n) is 10.7. The van der Waals surface area contributed by atoms with E-state index in [4.69, 9.17) is 15.7 Å². The molecular weight excluding hydrogens is 638 g/mol. The molecule has 3 N–H and O–H groups in total. The Labute approximate surface area is 304 Å². The van der Waals surface area contributed by atoms with Crippen LogP contribution in [0.4, 0.5) is 17.1 Å². The molecule has 0 amide bonds. The van der Waals surface area contributed by atoms with Crippen molar-refractivity contribution in [2.75, 3.05) is 4.90 Å². The van der Waals surface area contributed by atoms with Gasteiger partial charge in [0.25, 0.3) is 0 Å². The number of aromatic hydroxyl groups is 3. The molecule has 0 saturated carbocycles. The lowest BCUT2D eigenvalue weighted by Gasteiger charge is -2.30. The Kier molecular flexibility index (Phi) is 7.06. The first kappa shape index (κ1) is 31.6. The van der Waals surface area contributed by atoms with E-state index in [-0.39, 0.29) is 22.0 Å². The summed E-state index contributed by atoms with van der Waals surface area (Å²) in [7, 11) is 12.6. The van der Waals surface area contributed by atoms with Crippen molar-refractivity contribution in [1.82, 2.24) is 4.57 Å². The van der Waals surface area contributed by atoms with Gasteiger partial charge in [-0.25, -0.2) is 0 Å². The Hall–Kier alpha value is -6.33. The van der Waals surface area contributed by atoms with Crippen molar-refractivity contribution in [3.05, 3.63) is 151 Å². The van der Waals surface area contributed by atoms with Gasteiger partial charge in [0, 0.05) is 33.2 Å². The van der Waals surface area contributed by atoms with Gasteiger partial charge in [-0.2, -0.15) is 0 Å². The first-order valence-electron chi connectivity index (χ1n) is 17.2. The Morgan fingerprint density at radius 2 is 1.13 bits per heavy atom. The summed E-state index contributed by atoms with van der Waals surface area (Å²) in [5, 5.41) is 34.8. The largest absolute Gasteiger partial charge is 0.506 e. The SMILES string of the molecule is [B]c1c(O)c(O)c([B])c(N(c2ccc(-c3ccc4c(c3)-c3ccccc3C4(C)C)cc2)c2ccc3c(c2)c2ccccc2n3-c2ccccc2)c1O. The maximum Gasteiger partial charge on any atom is 0.153 e. The minimum atomic E-state index is -0.670. The fourth-order valence-electron chi connectivity index (χ4n) is 8.03. The summed E-state index contributed by atoms with van der Waals surface area (Å²) in [5.74, 6) is -1.71. The minimum absolute atomic E-state index is 0.0584. The summed E-state index contributed by atoms with van der Waals surface area (Å²) in [4.78, 5) is 1.76. The lowest BCUT2D eigenvalue weighted by molar-refractivity contribution is 0.404. The van der Waals surface area contributed by atoms with Gasteiger partial charge in [-0.15, -0.1) is 0 Å². The Balaban J connectivity index is 1.22. The van der Waals surface area contributed by atoms with Crippen molar-refractivity contribution in [2.45, 2.75) is 19.3 Å². The molecule has 9 rings (SSSR count). The summed E-state index contributed by atoms with van der Waals surface area (Å²) in [6.07, 6.45) is 0. The van der Waals surface area contributed by atoms with Gasteiger partial charge in [0.2, 0.25) is 0 Å². The quantitative estimate of drug-likeness (QED) is 0.0972. The first-order valence-corrected chi connectivity index (χ1v) is 17.2. The topological polar surface area (TPSA) is 68.9 Å². The van der Waals surface area contributed by atoms with E-state index in [1.807, 2.05) is 72.8 Å². The van der Waals surface area contributed by atoms with Gasteiger partial charge in [-0.3, -0.25) is 0 Å². The van der Waals surface area contributed by atoms with Gasteiger partial charge in [0.05, 0.1) is 16.7 Å². The van der Waals surface area contributed by atoms with Crippen LogP contribution in [0.25, 0.3) is 49.7 Å². The molecule has 5 nitrogen and oxygen atoms in total. The van der Waals surface area contributed by atoms with E-state index in [0.29, 0.717) is 11.4 Å². The predicted molar refractivity (Wildman–Crippen MR) is 214 cm³/mol. The van der Waals surface area contributed by atoms with E-state index in [0.717, 1.165) is 38.6 Å². The van der Waals surface area contributed by atoms with Crippen LogP contribution in [0.1, 0.15) is 25.0 Å². The lowest BCUT2D eigenvalue weighted by Crippen LogP contribution is -2.23. The molecule has 1 aliphatic carbocycles. The highest BCUT2D eigenvalue weighted by atomic mass is 16.3. The predicted octanol–water partition coefficient (Wildman–Crippen LogP) is 8.93. The van der Waals surface area contributed by atoms with Crippen LogP contribution in [-0.2, 0) is 5.41 Å². The fraction of sp³-hybridized carbons (Fsp3) is 0.0667. The smallest absolute Gasteiger partial charge is 0.153 e. The average Bonchev–Trinajstić information content (AvgIpc) is 3.63. The van der Waals surface area contributed by atoms with E-state index >= 15 is 0 Å². The number of benzene rings is 7. The molecule has 0 aliphatic heterocycles. The van der Waals surface area contributed by atoms with Crippen molar-refractivity contribution < 1.29 is 15.3 Å². The van der Waals surface area contributed by atoms with Crippen LogP contribution in [0.2, 0.25) is 0 Å². The number of aromatic nitrogens is 1. The van der Waals surface area contributed by atoms with Gasteiger partial charge >= 0.3 is 0 Å². The molecule has 0 fully saturated rings. The summed E-state index contributed by atoms with van der Waals surface area (Å²) in [5.41, 5.74) is 11.0. The zero-order valence-corrected chi connectivity index (χ0v) is 28.7. The number of phenols is 3. The summed E-state index contributed by atoms with van der Waals surface area (Å²) >= 11 is 0. The third kappa shape index (κ3) is 4.59. The first-order chi connectivity index (χ1) is 25.1. The standard InChI is InChI=1S/C45H32B2N2O3/c1-45(2)35-14-8-6-12-31(35)33-24-27(18-22-36(33)45)26-16-19-29(20-17-26)48(41-39(46)43(51)44(52)40(47)42(41)50)30-21-23-38-34(25-30)32-13-7-9-15-37(32)49(38)28-10-4-3-5-11-28/h3-25,50-52H,1-2H3. The molecule has 7 heteroatoms. The highest BCUT2D eigenvalue weighted by Crippen LogP contribution is 2.50. The Morgan fingerprint density at radius 3 is 1.92 bits per heavy atom. The normalized spacial score (nSPS) is 13.0. The number of hydrogen-bond donors (Lipinski definition) is 3. The third-order valence-corrected chi connectivity index (χ3v) is 10.7. The Bertz CT molecular complexity index is 2690. The van der Waals surface area contributed by atoms with Crippen LogP contribution in [0.3, 0.4) is 0 Å². The number of phenolic OH excluding ortho intramolecular Hbond substituents is 3. The average molecular weight is 670 g/mol. The highest BCUT2D eigenvalue weighted by molar-refractivity contribution is 6.44. The molecule has 52 heavy (non-hydrogen) atoms. The van der Waals surface area contributed by atoms with Crippen LogP contribution in [-0.4, -0.2) is 35.6 Å². The molecule has 4 radical (unpaired) electrons. The number of anilines is 3. The van der Waals surface area contributed by atoms with Crippen molar-refractivity contribution in [3.8, 4) is 45.2 Å². The van der Waals surface area contributed by atoms with E-state index < -0.39 is 17.2 Å². The second-order valence-corrected chi connectivity index (χ2v) is 13.9. The molecule has 0 atom stereocenters. The van der Waals surface area contributed by atoms with E-state index in [1.54, 1.807) is 4.90 Å². The van der Waals surface area contributed by atoms with E-state index in [9.17, 15) is 15.3 Å². The zero-order valence-electron chi connectivity index (χ0n) is 28.7.